The maximum atomic E-state index is 13.3. The van der Waals surface area contributed by atoms with Gasteiger partial charge in [-0.05, 0) is 42.7 Å². The van der Waals surface area contributed by atoms with Crippen molar-refractivity contribution in [2.45, 2.75) is 33.2 Å². The van der Waals surface area contributed by atoms with E-state index in [9.17, 15) is 19.5 Å². The Morgan fingerprint density at radius 2 is 1.83 bits per heavy atom. The minimum absolute atomic E-state index is 0.205. The summed E-state index contributed by atoms with van der Waals surface area (Å²) in [5.41, 5.74) is 1.20. The molecule has 0 saturated heterocycles. The van der Waals surface area contributed by atoms with Gasteiger partial charge in [0.1, 0.15) is 23.1 Å². The molecule has 1 aliphatic heterocycles. The van der Waals surface area contributed by atoms with Crippen LogP contribution in [0.1, 0.15) is 26.0 Å². The number of aryl methyl sites for hydroxylation is 1. The number of nitrogens with one attached hydrogen (secondary N) is 1. The number of carboxylic acid groups (broad SMARTS) is 1. The van der Waals surface area contributed by atoms with Crippen LogP contribution in [-0.4, -0.2) is 42.8 Å². The van der Waals surface area contributed by atoms with Crippen molar-refractivity contribution in [3.05, 3.63) is 52.4 Å². The van der Waals surface area contributed by atoms with E-state index in [1.165, 1.54) is 6.07 Å². The first kappa shape index (κ1) is 24.1. The number of ether oxygens (including phenoxy) is 3. The lowest BCUT2D eigenvalue weighted by molar-refractivity contribution is -0.143. The zero-order valence-corrected chi connectivity index (χ0v) is 19.8. The molecule has 1 unspecified atom stereocenters. The van der Waals surface area contributed by atoms with Gasteiger partial charge in [0.15, 0.2) is 18.1 Å². The highest BCUT2D eigenvalue weighted by atomic mass is 16.5. The maximum absolute atomic E-state index is 13.3. The highest BCUT2D eigenvalue weighted by molar-refractivity contribution is 5.86. The summed E-state index contributed by atoms with van der Waals surface area (Å²) in [6, 6.07) is 9.04. The molecule has 2 aromatic carbocycles. The van der Waals surface area contributed by atoms with Crippen LogP contribution in [0.15, 0.2) is 45.6 Å². The molecule has 35 heavy (non-hydrogen) atoms. The summed E-state index contributed by atoms with van der Waals surface area (Å²) in [6.07, 6.45) is 0.783. The van der Waals surface area contributed by atoms with E-state index < -0.39 is 17.9 Å². The number of hydrogen-bond acceptors (Lipinski definition) is 7. The summed E-state index contributed by atoms with van der Waals surface area (Å²) in [5.74, 6) is 0.0195. The van der Waals surface area contributed by atoms with Crippen LogP contribution < -0.4 is 25.0 Å². The Labute approximate surface area is 201 Å². The summed E-state index contributed by atoms with van der Waals surface area (Å²) in [6.45, 7) is 5.85. The quantitative estimate of drug-likeness (QED) is 0.525. The Morgan fingerprint density at radius 1 is 1.09 bits per heavy atom. The molecule has 3 aromatic rings. The van der Waals surface area contributed by atoms with Gasteiger partial charge in [-0.3, -0.25) is 9.59 Å². The number of aliphatic carboxylic acids is 1. The van der Waals surface area contributed by atoms with Crippen molar-refractivity contribution >= 4 is 22.8 Å². The largest absolute Gasteiger partial charge is 0.490 e. The van der Waals surface area contributed by atoms with Gasteiger partial charge in [-0.1, -0.05) is 19.9 Å². The molecule has 9 heteroatoms. The third-order valence-electron chi connectivity index (χ3n) is 5.70. The molecule has 2 heterocycles. The summed E-state index contributed by atoms with van der Waals surface area (Å²) in [4.78, 5) is 36.7. The van der Waals surface area contributed by atoms with Gasteiger partial charge in [0.05, 0.1) is 24.2 Å². The van der Waals surface area contributed by atoms with Gasteiger partial charge in [-0.25, -0.2) is 4.79 Å². The van der Waals surface area contributed by atoms with E-state index in [0.29, 0.717) is 58.3 Å². The van der Waals surface area contributed by atoms with E-state index in [1.54, 1.807) is 51.1 Å². The molecule has 0 saturated carbocycles. The van der Waals surface area contributed by atoms with Crippen molar-refractivity contribution in [3.8, 4) is 28.4 Å². The Hall–Kier alpha value is -4.01. The topological polar surface area (TPSA) is 124 Å². The lowest BCUT2D eigenvalue weighted by Gasteiger charge is -2.18. The van der Waals surface area contributed by atoms with Crippen molar-refractivity contribution in [3.63, 3.8) is 0 Å². The molecule has 2 N–H and O–H groups in total. The Balaban J connectivity index is 1.56. The first-order valence-electron chi connectivity index (χ1n) is 11.4. The SMILES string of the molecule is Cc1oc2cc(OCC(=O)NC(C(=O)O)C(C)C)ccc2c(=O)c1-c1ccc2c(c1)OCCCO2. The van der Waals surface area contributed by atoms with Gasteiger partial charge < -0.3 is 29.1 Å². The van der Waals surface area contributed by atoms with Crippen LogP contribution in [0.5, 0.6) is 17.2 Å². The van der Waals surface area contributed by atoms with E-state index in [-0.39, 0.29) is 18.0 Å². The van der Waals surface area contributed by atoms with Crippen molar-refractivity contribution in [1.29, 1.82) is 0 Å². The zero-order chi connectivity index (χ0) is 25.1. The number of fused-ring (bicyclic) bond motifs is 2. The van der Waals surface area contributed by atoms with Crippen molar-refractivity contribution in [2.75, 3.05) is 19.8 Å². The fourth-order valence-electron chi connectivity index (χ4n) is 3.91. The van der Waals surface area contributed by atoms with Gasteiger partial charge in [0, 0.05) is 12.5 Å². The van der Waals surface area contributed by atoms with Gasteiger partial charge in [0.25, 0.3) is 5.91 Å². The van der Waals surface area contributed by atoms with Crippen LogP contribution in [-0.2, 0) is 9.59 Å². The normalized spacial score (nSPS) is 13.8. The second-order valence-electron chi connectivity index (χ2n) is 8.65. The number of benzene rings is 2. The second-order valence-corrected chi connectivity index (χ2v) is 8.65. The number of rotatable bonds is 7. The van der Waals surface area contributed by atoms with Crippen LogP contribution in [0.4, 0.5) is 0 Å². The van der Waals surface area contributed by atoms with Crippen LogP contribution in [0, 0.1) is 12.8 Å². The van der Waals surface area contributed by atoms with E-state index in [2.05, 4.69) is 5.32 Å². The molecule has 0 spiro atoms. The summed E-state index contributed by atoms with van der Waals surface area (Å²) in [7, 11) is 0. The van der Waals surface area contributed by atoms with Crippen molar-refractivity contribution in [2.24, 2.45) is 5.92 Å². The summed E-state index contributed by atoms with van der Waals surface area (Å²) < 4.78 is 22.9. The van der Waals surface area contributed by atoms with Crippen molar-refractivity contribution in [1.82, 2.24) is 5.32 Å². The highest BCUT2D eigenvalue weighted by Crippen LogP contribution is 2.35. The Kier molecular flexibility index (Phi) is 6.95. The second kappa shape index (κ2) is 10.1. The van der Waals surface area contributed by atoms with Crippen LogP contribution in [0.2, 0.25) is 0 Å². The molecule has 184 valence electrons. The fourth-order valence-corrected chi connectivity index (χ4v) is 3.91. The monoisotopic (exact) mass is 481 g/mol. The van der Waals surface area contributed by atoms with E-state index in [4.69, 9.17) is 18.6 Å². The standard InChI is InChI=1S/C26H27NO8/c1-14(2)24(26(30)31)27-22(28)13-34-17-6-7-18-20(12-17)35-15(3)23(25(18)29)16-5-8-19-21(11-16)33-10-4-9-32-19/h5-8,11-12,14,24H,4,9-10,13H2,1-3H3,(H,27,28)(H,30,31). The highest BCUT2D eigenvalue weighted by Gasteiger charge is 2.23. The number of carbonyl (C=O) groups excluding carboxylic acids is 1. The molecule has 1 amide bonds. The van der Waals surface area contributed by atoms with E-state index in [0.717, 1.165) is 6.42 Å². The molecular weight excluding hydrogens is 454 g/mol. The lowest BCUT2D eigenvalue weighted by atomic mass is 10.0. The number of hydrogen-bond donors (Lipinski definition) is 2. The number of carbonyl (C=O) groups is 2. The molecule has 0 bridgehead atoms. The molecule has 1 aliphatic rings. The molecule has 0 radical (unpaired) electrons. The number of carboxylic acids is 1. The van der Waals surface area contributed by atoms with Crippen molar-refractivity contribution < 1.29 is 33.3 Å². The first-order chi connectivity index (χ1) is 16.7. The van der Waals surface area contributed by atoms with E-state index >= 15 is 0 Å². The van der Waals surface area contributed by atoms with Gasteiger partial charge in [-0.15, -0.1) is 0 Å². The molecule has 9 nitrogen and oxygen atoms in total. The molecule has 0 fully saturated rings. The predicted octanol–water partition coefficient (Wildman–Crippen LogP) is 3.53. The third kappa shape index (κ3) is 5.24. The zero-order valence-electron chi connectivity index (χ0n) is 19.8. The molecule has 1 atom stereocenters. The first-order valence-corrected chi connectivity index (χ1v) is 11.4. The minimum atomic E-state index is -1.11. The smallest absolute Gasteiger partial charge is 0.326 e. The van der Waals surface area contributed by atoms with Gasteiger partial charge in [0.2, 0.25) is 5.43 Å². The average Bonchev–Trinajstić information content (AvgIpc) is 3.05. The maximum Gasteiger partial charge on any atom is 0.326 e. The Bertz CT molecular complexity index is 1330. The molecule has 0 aliphatic carbocycles. The summed E-state index contributed by atoms with van der Waals surface area (Å²) in [5, 5.41) is 12.0. The van der Waals surface area contributed by atoms with Crippen LogP contribution >= 0.6 is 0 Å². The average molecular weight is 482 g/mol. The van der Waals surface area contributed by atoms with Crippen LogP contribution in [0.25, 0.3) is 22.1 Å². The van der Waals surface area contributed by atoms with Gasteiger partial charge in [-0.2, -0.15) is 0 Å². The fraction of sp³-hybridized carbons (Fsp3) is 0.346. The van der Waals surface area contributed by atoms with E-state index in [1.807, 2.05) is 0 Å². The third-order valence-corrected chi connectivity index (χ3v) is 5.70. The minimum Gasteiger partial charge on any atom is -0.490 e. The predicted molar refractivity (Wildman–Crippen MR) is 128 cm³/mol. The Morgan fingerprint density at radius 3 is 2.54 bits per heavy atom. The summed E-state index contributed by atoms with van der Waals surface area (Å²) >= 11 is 0. The molecule has 1 aromatic heterocycles. The van der Waals surface area contributed by atoms with Gasteiger partial charge >= 0.3 is 5.97 Å². The number of amides is 1. The van der Waals surface area contributed by atoms with Crippen LogP contribution in [0.3, 0.4) is 0 Å². The molecular formula is C26H27NO8. The lowest BCUT2D eigenvalue weighted by Crippen LogP contribution is -2.46. The molecule has 4 rings (SSSR count).